The van der Waals surface area contributed by atoms with Gasteiger partial charge in [-0.1, -0.05) is 40.7 Å². The van der Waals surface area contributed by atoms with Crippen molar-refractivity contribution in [1.29, 1.82) is 0 Å². The lowest BCUT2D eigenvalue weighted by Crippen LogP contribution is -2.16. The molecular formula is C11H20O. The van der Waals surface area contributed by atoms with Crippen molar-refractivity contribution in [2.45, 2.75) is 47.0 Å². The molecule has 0 N–H and O–H groups in total. The highest BCUT2D eigenvalue weighted by Gasteiger charge is 2.20. The van der Waals surface area contributed by atoms with Gasteiger partial charge in [0.15, 0.2) is 5.78 Å². The Morgan fingerprint density at radius 1 is 1.33 bits per heavy atom. The van der Waals surface area contributed by atoms with E-state index in [-0.39, 0.29) is 11.2 Å². The van der Waals surface area contributed by atoms with Crippen molar-refractivity contribution in [3.05, 3.63) is 12.2 Å². The second-order valence-electron chi connectivity index (χ2n) is 4.26. The zero-order chi connectivity index (χ0) is 9.78. The summed E-state index contributed by atoms with van der Waals surface area (Å²) in [5, 5.41) is 0. The first kappa shape index (κ1) is 11.4. The molecule has 0 atom stereocenters. The highest BCUT2D eigenvalue weighted by molar-refractivity contribution is 5.95. The third kappa shape index (κ3) is 3.70. The first-order valence-corrected chi connectivity index (χ1v) is 4.62. The van der Waals surface area contributed by atoms with E-state index >= 15 is 0 Å². The summed E-state index contributed by atoms with van der Waals surface area (Å²) in [6.07, 6.45) is 2.71. The minimum absolute atomic E-state index is 0.0647. The van der Waals surface area contributed by atoms with Gasteiger partial charge in [0.1, 0.15) is 0 Å². The molecular weight excluding hydrogens is 148 g/mol. The minimum Gasteiger partial charge on any atom is -0.295 e. The van der Waals surface area contributed by atoms with Crippen molar-refractivity contribution < 1.29 is 4.79 Å². The number of rotatable bonds is 4. The maximum absolute atomic E-state index is 11.4. The average Bonchev–Trinajstić information content (AvgIpc) is 1.97. The Morgan fingerprint density at radius 3 is 2.17 bits per heavy atom. The fourth-order valence-corrected chi connectivity index (χ4v) is 0.906. The molecule has 0 heterocycles. The van der Waals surface area contributed by atoms with Gasteiger partial charge in [-0.15, -0.1) is 0 Å². The van der Waals surface area contributed by atoms with Crippen molar-refractivity contribution in [3.63, 3.8) is 0 Å². The largest absolute Gasteiger partial charge is 0.295 e. The molecule has 0 saturated carbocycles. The van der Waals surface area contributed by atoms with Gasteiger partial charge >= 0.3 is 0 Å². The van der Waals surface area contributed by atoms with E-state index in [0.717, 1.165) is 18.4 Å². The Kier molecular flexibility index (Phi) is 4.22. The van der Waals surface area contributed by atoms with Gasteiger partial charge in [0, 0.05) is 6.42 Å². The summed E-state index contributed by atoms with van der Waals surface area (Å²) in [6, 6.07) is 0. The van der Waals surface area contributed by atoms with Gasteiger partial charge in [0.05, 0.1) is 0 Å². The fourth-order valence-electron chi connectivity index (χ4n) is 0.906. The van der Waals surface area contributed by atoms with Crippen LogP contribution in [0.3, 0.4) is 0 Å². The molecule has 0 spiro atoms. The van der Waals surface area contributed by atoms with Gasteiger partial charge in [0.2, 0.25) is 0 Å². The summed E-state index contributed by atoms with van der Waals surface area (Å²) >= 11 is 0. The second-order valence-corrected chi connectivity index (χ2v) is 4.26. The molecule has 0 fully saturated rings. The monoisotopic (exact) mass is 168 g/mol. The second kappa shape index (κ2) is 4.44. The molecule has 0 rings (SSSR count). The molecule has 0 bridgehead atoms. The number of carbonyl (C=O) groups excluding carboxylic acids is 1. The lowest BCUT2D eigenvalue weighted by atomic mass is 9.84. The van der Waals surface area contributed by atoms with E-state index in [4.69, 9.17) is 0 Å². The maximum atomic E-state index is 11.4. The van der Waals surface area contributed by atoms with E-state index in [2.05, 4.69) is 13.5 Å². The lowest BCUT2D eigenvalue weighted by Gasteiger charge is -2.20. The van der Waals surface area contributed by atoms with Gasteiger partial charge < -0.3 is 0 Å². The smallest absolute Gasteiger partial charge is 0.158 e. The Labute approximate surface area is 75.9 Å². The molecule has 0 aromatic carbocycles. The number of hydrogen-bond acceptors (Lipinski definition) is 1. The van der Waals surface area contributed by atoms with Gasteiger partial charge in [-0.3, -0.25) is 4.79 Å². The Balaban J connectivity index is 4.04. The SMILES string of the molecule is C=C(C(=O)CCCC)C(C)(C)C. The third-order valence-electron chi connectivity index (χ3n) is 2.00. The molecule has 0 unspecified atom stereocenters. The average molecular weight is 168 g/mol. The van der Waals surface area contributed by atoms with Crippen molar-refractivity contribution in [2.75, 3.05) is 0 Å². The van der Waals surface area contributed by atoms with Crippen molar-refractivity contribution in [1.82, 2.24) is 0 Å². The first-order valence-electron chi connectivity index (χ1n) is 4.62. The molecule has 0 saturated heterocycles. The predicted molar refractivity (Wildman–Crippen MR) is 53.1 cm³/mol. The number of Topliss-reactive ketones (excluding diaryl/α,β-unsaturated/α-hetero) is 1. The Hall–Kier alpha value is -0.590. The molecule has 0 aliphatic heterocycles. The summed E-state index contributed by atoms with van der Waals surface area (Å²) in [5.41, 5.74) is 0.695. The van der Waals surface area contributed by atoms with Crippen LogP contribution in [0.15, 0.2) is 12.2 Å². The van der Waals surface area contributed by atoms with Crippen LogP contribution in [0.5, 0.6) is 0 Å². The predicted octanol–water partition coefficient (Wildman–Crippen LogP) is 3.35. The van der Waals surface area contributed by atoms with Gasteiger partial charge in [0.25, 0.3) is 0 Å². The molecule has 0 aromatic heterocycles. The van der Waals surface area contributed by atoms with Crippen molar-refractivity contribution in [2.24, 2.45) is 5.41 Å². The summed E-state index contributed by atoms with van der Waals surface area (Å²) in [6.45, 7) is 12.0. The van der Waals surface area contributed by atoms with Crippen LogP contribution < -0.4 is 0 Å². The molecule has 0 amide bonds. The highest BCUT2D eigenvalue weighted by Crippen LogP contribution is 2.25. The van der Waals surface area contributed by atoms with Crippen LogP contribution in [-0.2, 0) is 4.79 Å². The fraction of sp³-hybridized carbons (Fsp3) is 0.727. The van der Waals surface area contributed by atoms with Crippen LogP contribution >= 0.6 is 0 Å². The van der Waals surface area contributed by atoms with Crippen LogP contribution in [-0.4, -0.2) is 5.78 Å². The molecule has 0 aromatic rings. The number of hydrogen-bond donors (Lipinski definition) is 0. The number of allylic oxidation sites excluding steroid dienone is 1. The van der Waals surface area contributed by atoms with E-state index < -0.39 is 0 Å². The van der Waals surface area contributed by atoms with Crippen molar-refractivity contribution in [3.8, 4) is 0 Å². The molecule has 0 aliphatic rings. The number of carbonyl (C=O) groups is 1. The van der Waals surface area contributed by atoms with Crippen LogP contribution in [0.2, 0.25) is 0 Å². The normalized spacial score (nSPS) is 11.3. The number of ketones is 1. The van der Waals surface area contributed by atoms with E-state index in [9.17, 15) is 4.79 Å². The minimum atomic E-state index is -0.0647. The maximum Gasteiger partial charge on any atom is 0.158 e. The molecule has 0 radical (unpaired) electrons. The lowest BCUT2D eigenvalue weighted by molar-refractivity contribution is -0.116. The molecule has 70 valence electrons. The van der Waals surface area contributed by atoms with Crippen LogP contribution in [0, 0.1) is 5.41 Å². The van der Waals surface area contributed by atoms with E-state index in [1.54, 1.807) is 0 Å². The Morgan fingerprint density at radius 2 is 1.83 bits per heavy atom. The quantitative estimate of drug-likeness (QED) is 0.588. The zero-order valence-electron chi connectivity index (χ0n) is 8.74. The van der Waals surface area contributed by atoms with Crippen molar-refractivity contribution >= 4 is 5.78 Å². The van der Waals surface area contributed by atoms with E-state index in [1.165, 1.54) is 0 Å². The molecule has 12 heavy (non-hydrogen) atoms. The summed E-state index contributed by atoms with van der Waals surface area (Å²) < 4.78 is 0. The molecule has 0 aliphatic carbocycles. The summed E-state index contributed by atoms with van der Waals surface area (Å²) in [4.78, 5) is 11.4. The van der Waals surface area contributed by atoms with Crippen LogP contribution in [0.4, 0.5) is 0 Å². The zero-order valence-corrected chi connectivity index (χ0v) is 8.74. The first-order chi connectivity index (χ1) is 5.39. The van der Waals surface area contributed by atoms with Crippen LogP contribution in [0.25, 0.3) is 0 Å². The van der Waals surface area contributed by atoms with E-state index in [0.29, 0.717) is 6.42 Å². The van der Waals surface area contributed by atoms with Gasteiger partial charge in [-0.05, 0) is 17.4 Å². The topological polar surface area (TPSA) is 17.1 Å². The highest BCUT2D eigenvalue weighted by atomic mass is 16.1. The summed E-state index contributed by atoms with van der Waals surface area (Å²) in [5.74, 6) is 0.226. The third-order valence-corrected chi connectivity index (χ3v) is 2.00. The van der Waals surface area contributed by atoms with Gasteiger partial charge in [-0.2, -0.15) is 0 Å². The van der Waals surface area contributed by atoms with Crippen LogP contribution in [0.1, 0.15) is 47.0 Å². The standard InChI is InChI=1S/C11H20O/c1-6-7-8-10(12)9(2)11(3,4)5/h2,6-8H2,1,3-5H3. The van der Waals surface area contributed by atoms with E-state index in [1.807, 2.05) is 20.8 Å². The number of unbranched alkanes of at least 4 members (excludes halogenated alkanes) is 1. The molecule has 1 heteroatoms. The van der Waals surface area contributed by atoms with Gasteiger partial charge in [-0.25, -0.2) is 0 Å². The Bertz CT molecular complexity index is 172. The molecule has 1 nitrogen and oxygen atoms in total. The summed E-state index contributed by atoms with van der Waals surface area (Å²) in [7, 11) is 0.